The van der Waals surface area contributed by atoms with Gasteiger partial charge in [-0.05, 0) is 109 Å². The average molecular weight is 535 g/mol. The van der Waals surface area contributed by atoms with Crippen molar-refractivity contribution in [2.75, 3.05) is 34.5 Å². The van der Waals surface area contributed by atoms with Gasteiger partial charge in [-0.15, -0.1) is 0 Å². The first kappa shape index (κ1) is 29.1. The lowest BCUT2D eigenvalue weighted by molar-refractivity contribution is 0.541. The van der Waals surface area contributed by atoms with E-state index in [1.54, 1.807) is 41.5 Å². The number of hydrogen-bond donors (Lipinski definition) is 0. The van der Waals surface area contributed by atoms with Crippen molar-refractivity contribution in [3.05, 3.63) is 0 Å². The van der Waals surface area contributed by atoms with E-state index in [1.807, 2.05) is 0 Å². The Bertz CT molecular complexity index is 527. The van der Waals surface area contributed by atoms with Crippen LogP contribution in [-0.4, -0.2) is 61.8 Å². The third-order valence-corrected chi connectivity index (χ3v) is 13.3. The quantitative estimate of drug-likeness (QED) is 0.378. The minimum Gasteiger partial charge on any atom is -0.611 e. The summed E-state index contributed by atoms with van der Waals surface area (Å²) in [6.07, 6.45) is 0. The van der Waals surface area contributed by atoms with Crippen LogP contribution in [0.5, 0.6) is 0 Å². The molecule has 1 aromatic rings. The lowest BCUT2D eigenvalue weighted by atomic mass is 10.3. The fourth-order valence-electron chi connectivity index (χ4n) is 2.73. The summed E-state index contributed by atoms with van der Waals surface area (Å²) in [5.41, 5.74) is 0. The SMILES string of the molecule is CC[S+]([O-])c1c([S+]([O-])CC)c([S+]([O-])CC)c([S+]([O-])CC)c([S+]([O-])CC)c1[S+]([O-])CC. The van der Waals surface area contributed by atoms with Crippen LogP contribution in [0.15, 0.2) is 29.4 Å². The van der Waals surface area contributed by atoms with Crippen molar-refractivity contribution < 1.29 is 27.3 Å². The highest BCUT2D eigenvalue weighted by Crippen LogP contribution is 2.45. The van der Waals surface area contributed by atoms with E-state index in [1.165, 1.54) is 0 Å². The van der Waals surface area contributed by atoms with E-state index in [4.69, 9.17) is 0 Å². The second kappa shape index (κ2) is 13.7. The van der Waals surface area contributed by atoms with Gasteiger partial charge in [0.25, 0.3) is 29.4 Å². The molecule has 1 aromatic carbocycles. The van der Waals surface area contributed by atoms with Gasteiger partial charge in [0.05, 0.1) is 0 Å². The molecule has 0 aliphatic heterocycles. The summed E-state index contributed by atoms with van der Waals surface area (Å²) >= 11 is -10.2. The lowest BCUT2D eigenvalue weighted by Crippen LogP contribution is -2.29. The van der Waals surface area contributed by atoms with Crippen molar-refractivity contribution in [1.29, 1.82) is 0 Å². The molecular formula is C18H30O6S6. The Labute approximate surface area is 198 Å². The predicted molar refractivity (Wildman–Crippen MR) is 128 cm³/mol. The van der Waals surface area contributed by atoms with Crippen molar-refractivity contribution in [1.82, 2.24) is 0 Å². The Morgan fingerprint density at radius 2 is 0.433 bits per heavy atom. The van der Waals surface area contributed by atoms with Crippen molar-refractivity contribution >= 4 is 67.1 Å². The fourth-order valence-corrected chi connectivity index (χ4v) is 11.9. The Balaban J connectivity index is 4.42. The van der Waals surface area contributed by atoms with E-state index in [0.717, 1.165) is 0 Å². The van der Waals surface area contributed by atoms with Crippen molar-refractivity contribution in [2.24, 2.45) is 0 Å². The maximum absolute atomic E-state index is 13.1. The van der Waals surface area contributed by atoms with Gasteiger partial charge in [0.2, 0.25) is 0 Å². The van der Waals surface area contributed by atoms with Crippen LogP contribution < -0.4 is 0 Å². The number of rotatable bonds is 12. The van der Waals surface area contributed by atoms with E-state index in [2.05, 4.69) is 0 Å². The Hall–Kier alpha value is 1.08. The van der Waals surface area contributed by atoms with Gasteiger partial charge in [-0.1, -0.05) is 0 Å². The van der Waals surface area contributed by atoms with Crippen LogP contribution in [0.1, 0.15) is 41.5 Å². The fraction of sp³-hybridized carbons (Fsp3) is 0.667. The first-order valence-electron chi connectivity index (χ1n) is 9.70. The van der Waals surface area contributed by atoms with Gasteiger partial charge in [-0.2, -0.15) is 0 Å². The van der Waals surface area contributed by atoms with E-state index in [9.17, 15) is 27.3 Å². The molecule has 0 saturated heterocycles. The van der Waals surface area contributed by atoms with Gasteiger partial charge < -0.3 is 27.3 Å². The lowest BCUT2D eigenvalue weighted by Gasteiger charge is -2.25. The van der Waals surface area contributed by atoms with Crippen molar-refractivity contribution in [2.45, 2.75) is 70.9 Å². The second-order valence-corrected chi connectivity index (χ2v) is 15.8. The largest absolute Gasteiger partial charge is 0.611 e. The molecular weight excluding hydrogens is 505 g/mol. The third-order valence-electron chi connectivity index (χ3n) is 4.18. The van der Waals surface area contributed by atoms with Crippen LogP contribution in [0.4, 0.5) is 0 Å². The topological polar surface area (TPSA) is 138 Å². The van der Waals surface area contributed by atoms with Gasteiger partial charge in [0.1, 0.15) is 34.5 Å². The standard InChI is InChI=1S/C18H30O6S6/c1-7-25(19)13-14(26(20)8-2)16(28(22)10-4)18(30(24)12-6)17(29(23)11-5)15(13)27(21)9-3/h7-12H2,1-6H3. The first-order chi connectivity index (χ1) is 14.2. The molecule has 0 aliphatic carbocycles. The van der Waals surface area contributed by atoms with Gasteiger partial charge >= 0.3 is 0 Å². The minimum absolute atomic E-state index is 0.100. The zero-order chi connectivity index (χ0) is 23.2. The number of hydrogen-bond acceptors (Lipinski definition) is 6. The monoisotopic (exact) mass is 534 g/mol. The molecule has 0 radical (unpaired) electrons. The van der Waals surface area contributed by atoms with Crippen LogP contribution in [0.25, 0.3) is 0 Å². The molecule has 6 unspecified atom stereocenters. The first-order valence-corrected chi connectivity index (χ1v) is 17.6. The van der Waals surface area contributed by atoms with Crippen LogP contribution >= 0.6 is 0 Å². The summed E-state index contributed by atoms with van der Waals surface area (Å²) in [5, 5.41) is 0. The van der Waals surface area contributed by atoms with Gasteiger partial charge in [0.15, 0.2) is 0 Å². The molecule has 0 N–H and O–H groups in total. The molecule has 6 nitrogen and oxygen atoms in total. The molecule has 1 rings (SSSR count). The highest BCUT2D eigenvalue weighted by Gasteiger charge is 2.52. The van der Waals surface area contributed by atoms with Crippen LogP contribution in [0.3, 0.4) is 0 Å². The molecule has 6 atom stereocenters. The predicted octanol–water partition coefficient (Wildman–Crippen LogP) is 2.45. The van der Waals surface area contributed by atoms with E-state index in [0.29, 0.717) is 0 Å². The Morgan fingerprint density at radius 1 is 0.333 bits per heavy atom. The molecule has 174 valence electrons. The maximum Gasteiger partial charge on any atom is 0.273 e. The molecule has 0 bridgehead atoms. The van der Waals surface area contributed by atoms with Crippen molar-refractivity contribution in [3.8, 4) is 0 Å². The molecule has 0 fully saturated rings. The molecule has 0 aromatic heterocycles. The van der Waals surface area contributed by atoms with Crippen molar-refractivity contribution in [3.63, 3.8) is 0 Å². The van der Waals surface area contributed by atoms with Gasteiger partial charge in [-0.25, -0.2) is 0 Å². The maximum atomic E-state index is 13.1. The zero-order valence-corrected chi connectivity index (χ0v) is 23.0. The van der Waals surface area contributed by atoms with Crippen LogP contribution in [0.2, 0.25) is 0 Å². The zero-order valence-electron chi connectivity index (χ0n) is 18.1. The summed E-state index contributed by atoms with van der Waals surface area (Å²) < 4.78 is 78.8. The molecule has 30 heavy (non-hydrogen) atoms. The normalized spacial score (nSPS) is 18.0. The minimum atomic E-state index is -1.69. The Morgan fingerprint density at radius 3 is 0.500 bits per heavy atom. The molecule has 0 amide bonds. The highest BCUT2D eigenvalue weighted by atomic mass is 32.2. The van der Waals surface area contributed by atoms with E-state index >= 15 is 0 Å². The Kier molecular flexibility index (Phi) is 13.3. The molecule has 0 saturated carbocycles. The highest BCUT2D eigenvalue weighted by molar-refractivity contribution is 7.99. The van der Waals surface area contributed by atoms with Gasteiger partial charge in [-0.3, -0.25) is 0 Å². The molecule has 12 heteroatoms. The summed E-state index contributed by atoms with van der Waals surface area (Å²) in [6.45, 7) is 10.1. The molecule has 0 spiro atoms. The second-order valence-electron chi connectivity index (χ2n) is 5.78. The van der Waals surface area contributed by atoms with Gasteiger partial charge in [0, 0.05) is 0 Å². The summed E-state index contributed by atoms with van der Waals surface area (Å²) in [4.78, 5) is 0.602. The summed E-state index contributed by atoms with van der Waals surface area (Å²) in [6, 6.07) is 0. The van der Waals surface area contributed by atoms with Crippen LogP contribution in [0, 0.1) is 0 Å². The summed E-state index contributed by atoms with van der Waals surface area (Å²) in [5.74, 6) is 0.967. The third kappa shape index (κ3) is 6.15. The average Bonchev–Trinajstić information content (AvgIpc) is 2.78. The smallest absolute Gasteiger partial charge is 0.273 e. The van der Waals surface area contributed by atoms with Crippen LogP contribution in [-0.2, 0) is 67.1 Å². The molecule has 0 aliphatic rings. The number of benzene rings is 1. The van der Waals surface area contributed by atoms with E-state index < -0.39 is 67.1 Å². The van der Waals surface area contributed by atoms with E-state index in [-0.39, 0.29) is 63.9 Å². The summed E-state index contributed by atoms with van der Waals surface area (Å²) in [7, 11) is 0. The molecule has 0 heterocycles.